The van der Waals surface area contributed by atoms with Crippen molar-refractivity contribution in [3.63, 3.8) is 0 Å². The molecule has 0 fully saturated rings. The van der Waals surface area contributed by atoms with Gasteiger partial charge in [-0.2, -0.15) is 0 Å². The molecule has 0 spiro atoms. The van der Waals surface area contributed by atoms with Crippen LogP contribution < -0.4 is 5.32 Å². The van der Waals surface area contributed by atoms with Crippen LogP contribution in [-0.4, -0.2) is 35.5 Å². The van der Waals surface area contributed by atoms with E-state index in [9.17, 15) is 25.0 Å². The molecular weight excluding hydrogens is 310 g/mol. The molecule has 10 nitrogen and oxygen atoms in total. The van der Waals surface area contributed by atoms with Crippen molar-refractivity contribution in [2.45, 2.75) is 19.9 Å². The minimum absolute atomic E-state index is 0.0113. The molecule has 1 rings (SSSR count). The number of carbonyl (C=O) groups excluding carboxylic acids is 1. The quantitative estimate of drug-likeness (QED) is 0.437. The topological polar surface area (TPSA) is 134 Å². The van der Waals surface area contributed by atoms with Crippen molar-refractivity contribution in [3.05, 3.63) is 44.0 Å². The summed E-state index contributed by atoms with van der Waals surface area (Å²) in [6, 6.07) is 2.33. The molecule has 0 aliphatic carbocycles. The van der Waals surface area contributed by atoms with Crippen molar-refractivity contribution >= 4 is 17.3 Å². The maximum Gasteiger partial charge on any atom is 0.277 e. The summed E-state index contributed by atoms with van der Waals surface area (Å²) in [5.41, 5.74) is -1.23. The first-order valence-electron chi connectivity index (χ1n) is 6.66. The van der Waals surface area contributed by atoms with Crippen LogP contribution in [0, 0.1) is 26.1 Å². The van der Waals surface area contributed by atoms with Crippen LogP contribution >= 0.6 is 0 Å². The number of nitrogens with zero attached hydrogens (tertiary/aromatic N) is 2. The monoisotopic (exact) mass is 327 g/mol. The highest BCUT2D eigenvalue weighted by molar-refractivity contribution is 5.95. The van der Waals surface area contributed by atoms with E-state index in [-0.39, 0.29) is 18.1 Å². The Hall–Kier alpha value is -2.59. The van der Waals surface area contributed by atoms with Crippen molar-refractivity contribution < 1.29 is 24.4 Å². The average molecular weight is 327 g/mol. The second-order valence-corrected chi connectivity index (χ2v) is 5.03. The van der Waals surface area contributed by atoms with Gasteiger partial charge >= 0.3 is 0 Å². The van der Waals surface area contributed by atoms with E-state index in [1.165, 1.54) is 7.11 Å². The molecule has 0 heterocycles. The third-order valence-electron chi connectivity index (χ3n) is 3.07. The number of hydrogen-bond acceptors (Lipinski definition) is 7. The third-order valence-corrected chi connectivity index (χ3v) is 3.07. The minimum atomic E-state index is -0.794. The van der Waals surface area contributed by atoms with E-state index < -0.39 is 33.2 Å². The highest BCUT2D eigenvalue weighted by Gasteiger charge is 2.23. The number of non-ortho nitro benzene ring substituents is 2. The minimum Gasteiger partial charge on any atom is -0.347 e. The van der Waals surface area contributed by atoms with Gasteiger partial charge in [0.05, 0.1) is 34.6 Å². The maximum atomic E-state index is 12.2. The molecule has 1 aromatic rings. The van der Waals surface area contributed by atoms with E-state index in [1.54, 1.807) is 0 Å². The molecule has 1 amide bonds. The van der Waals surface area contributed by atoms with Gasteiger partial charge in [0.15, 0.2) is 0 Å². The van der Waals surface area contributed by atoms with Crippen LogP contribution in [0.5, 0.6) is 0 Å². The van der Waals surface area contributed by atoms with E-state index in [0.717, 1.165) is 18.2 Å². The summed E-state index contributed by atoms with van der Waals surface area (Å²) in [5, 5.41) is 24.3. The summed E-state index contributed by atoms with van der Waals surface area (Å²) < 4.78 is 0. The van der Waals surface area contributed by atoms with Crippen LogP contribution in [0.3, 0.4) is 0 Å². The van der Waals surface area contributed by atoms with Gasteiger partial charge in [0.1, 0.15) is 6.61 Å². The second kappa shape index (κ2) is 8.15. The van der Waals surface area contributed by atoms with E-state index in [4.69, 9.17) is 4.89 Å². The van der Waals surface area contributed by atoms with Crippen LogP contribution in [-0.2, 0) is 9.78 Å². The molecule has 0 unspecified atom stereocenters. The van der Waals surface area contributed by atoms with Crippen molar-refractivity contribution in [1.82, 2.24) is 5.32 Å². The summed E-state index contributed by atoms with van der Waals surface area (Å²) in [6.45, 7) is 3.73. The van der Waals surface area contributed by atoms with Crippen LogP contribution in [0.4, 0.5) is 11.4 Å². The fraction of sp³-hybridized carbons (Fsp3) is 0.462. The van der Waals surface area contributed by atoms with Crippen LogP contribution in [0.2, 0.25) is 0 Å². The Balaban J connectivity index is 3.06. The molecule has 126 valence electrons. The highest BCUT2D eigenvalue weighted by atomic mass is 17.2. The second-order valence-electron chi connectivity index (χ2n) is 5.03. The molecule has 1 atom stereocenters. The van der Waals surface area contributed by atoms with Gasteiger partial charge in [-0.3, -0.25) is 25.0 Å². The first kappa shape index (κ1) is 18.5. The molecule has 0 bridgehead atoms. The van der Waals surface area contributed by atoms with Gasteiger partial charge < -0.3 is 5.32 Å². The number of nitro groups is 2. The molecule has 0 radical (unpaired) electrons. The zero-order valence-corrected chi connectivity index (χ0v) is 12.8. The molecular formula is C13H17N3O7. The zero-order valence-electron chi connectivity index (χ0n) is 12.8. The van der Waals surface area contributed by atoms with E-state index in [0.29, 0.717) is 0 Å². The molecule has 0 aromatic heterocycles. The highest BCUT2D eigenvalue weighted by Crippen LogP contribution is 2.22. The summed E-state index contributed by atoms with van der Waals surface area (Å²) in [5.74, 6) is -0.682. The molecule has 0 saturated heterocycles. The summed E-state index contributed by atoms with van der Waals surface area (Å²) >= 11 is 0. The summed E-state index contributed by atoms with van der Waals surface area (Å²) in [4.78, 5) is 41.6. The van der Waals surface area contributed by atoms with Gasteiger partial charge in [-0.25, -0.2) is 9.78 Å². The van der Waals surface area contributed by atoms with Crippen molar-refractivity contribution in [2.24, 2.45) is 5.92 Å². The largest absolute Gasteiger partial charge is 0.347 e. The maximum absolute atomic E-state index is 12.2. The van der Waals surface area contributed by atoms with Crippen LogP contribution in [0.15, 0.2) is 18.2 Å². The molecule has 0 aliphatic rings. The predicted octanol–water partition coefficient (Wildman–Crippen LogP) is 1.84. The van der Waals surface area contributed by atoms with E-state index in [2.05, 4.69) is 10.2 Å². The summed E-state index contributed by atoms with van der Waals surface area (Å²) in [6.07, 6.45) is 0. The Morgan fingerprint density at radius 3 is 2.09 bits per heavy atom. The normalized spacial score (nSPS) is 12.0. The van der Waals surface area contributed by atoms with Crippen LogP contribution in [0.1, 0.15) is 24.2 Å². The Kier molecular flexibility index (Phi) is 6.54. The van der Waals surface area contributed by atoms with Gasteiger partial charge in [-0.1, -0.05) is 13.8 Å². The van der Waals surface area contributed by atoms with Gasteiger partial charge in [-0.05, 0) is 5.92 Å². The van der Waals surface area contributed by atoms with Crippen molar-refractivity contribution in [1.29, 1.82) is 0 Å². The number of nitrogens with one attached hydrogen (secondary N) is 1. The van der Waals surface area contributed by atoms with Crippen molar-refractivity contribution in [2.75, 3.05) is 13.7 Å². The Bertz CT molecular complexity index is 571. The number of benzene rings is 1. The standard InChI is InChI=1S/C13H17N3O7/c1-8(2)12(7-23-22-3)14-13(17)9-4-10(15(18)19)6-11(5-9)16(20)21/h4-6,8,12H,7H2,1-3H3,(H,14,17)/t12-/m1/s1. The Morgan fingerprint density at radius 1 is 1.17 bits per heavy atom. The van der Waals surface area contributed by atoms with Gasteiger partial charge in [0, 0.05) is 12.1 Å². The van der Waals surface area contributed by atoms with Gasteiger partial charge in [0.2, 0.25) is 0 Å². The molecule has 0 saturated carbocycles. The molecule has 1 N–H and O–H groups in total. The lowest BCUT2D eigenvalue weighted by Gasteiger charge is -2.21. The number of nitro benzene ring substituents is 2. The Labute approximate surface area is 131 Å². The number of carbonyl (C=O) groups is 1. The van der Waals surface area contributed by atoms with Gasteiger partial charge in [-0.15, -0.1) is 0 Å². The fourth-order valence-electron chi connectivity index (χ4n) is 1.73. The Morgan fingerprint density at radius 2 is 1.70 bits per heavy atom. The lowest BCUT2D eigenvalue weighted by Crippen LogP contribution is -2.41. The first-order chi connectivity index (χ1) is 10.8. The van der Waals surface area contributed by atoms with Crippen LogP contribution in [0.25, 0.3) is 0 Å². The molecule has 1 aromatic carbocycles. The zero-order chi connectivity index (χ0) is 17.6. The lowest BCUT2D eigenvalue weighted by atomic mass is 10.0. The van der Waals surface area contributed by atoms with Gasteiger partial charge in [0.25, 0.3) is 17.3 Å². The SMILES string of the molecule is COOC[C@@H](NC(=O)c1cc([N+](=O)[O-])cc([N+](=O)[O-])c1)C(C)C. The number of hydrogen-bond donors (Lipinski definition) is 1. The number of amides is 1. The van der Waals surface area contributed by atoms with E-state index in [1.807, 2.05) is 13.8 Å². The lowest BCUT2D eigenvalue weighted by molar-refractivity contribution is -0.394. The predicted molar refractivity (Wildman–Crippen MR) is 78.8 cm³/mol. The van der Waals surface area contributed by atoms with Crippen molar-refractivity contribution in [3.8, 4) is 0 Å². The van der Waals surface area contributed by atoms with E-state index >= 15 is 0 Å². The molecule has 0 aliphatic heterocycles. The molecule has 23 heavy (non-hydrogen) atoms. The third kappa shape index (κ3) is 5.27. The number of rotatable bonds is 8. The first-order valence-corrected chi connectivity index (χ1v) is 6.66. The fourth-order valence-corrected chi connectivity index (χ4v) is 1.73. The average Bonchev–Trinajstić information content (AvgIpc) is 2.50. The molecule has 10 heteroatoms. The summed E-state index contributed by atoms with van der Waals surface area (Å²) in [7, 11) is 1.32. The smallest absolute Gasteiger partial charge is 0.277 e.